The van der Waals surface area contributed by atoms with E-state index in [1.165, 1.54) is 6.92 Å². The number of amides is 2. The summed E-state index contributed by atoms with van der Waals surface area (Å²) in [5.74, 6) is -0.815. The van der Waals surface area contributed by atoms with Gasteiger partial charge in [-0.25, -0.2) is 4.98 Å². The minimum Gasteiger partial charge on any atom is -0.488 e. The van der Waals surface area contributed by atoms with Gasteiger partial charge in [-0.05, 0) is 45.9 Å². The Bertz CT molecular complexity index is 1090. The smallest absolute Gasteiger partial charge is 0.271 e. The Kier molecular flexibility index (Phi) is 6.09. The number of aryl methyl sites for hydroxylation is 1. The molecule has 0 radical (unpaired) electrons. The molecule has 0 fully saturated rings. The molecule has 10 heteroatoms. The summed E-state index contributed by atoms with van der Waals surface area (Å²) in [6.07, 6.45) is 1.77. The van der Waals surface area contributed by atoms with E-state index in [1.54, 1.807) is 40.4 Å². The molecule has 0 aliphatic carbocycles. The van der Waals surface area contributed by atoms with Gasteiger partial charge in [0.15, 0.2) is 0 Å². The van der Waals surface area contributed by atoms with E-state index in [-0.39, 0.29) is 11.7 Å². The van der Waals surface area contributed by atoms with Gasteiger partial charge in [-0.1, -0.05) is 0 Å². The molecule has 1 atom stereocenters. The lowest BCUT2D eigenvalue weighted by molar-refractivity contribution is -0.124. The molecular formula is C20H25N5O4S. The Morgan fingerprint density at radius 2 is 2.13 bits per heavy atom. The number of hydrogen-bond donors (Lipinski definition) is 3. The summed E-state index contributed by atoms with van der Waals surface area (Å²) in [6.45, 7) is 6.83. The topological polar surface area (TPSA) is 132 Å². The Morgan fingerprint density at radius 3 is 2.70 bits per heavy atom. The number of aromatic nitrogens is 3. The van der Waals surface area contributed by atoms with Gasteiger partial charge in [-0.3, -0.25) is 14.3 Å². The van der Waals surface area contributed by atoms with Gasteiger partial charge in [0.05, 0.1) is 22.0 Å². The van der Waals surface area contributed by atoms with E-state index in [1.807, 2.05) is 20.8 Å². The van der Waals surface area contributed by atoms with Crippen molar-refractivity contribution in [3.63, 3.8) is 0 Å². The summed E-state index contributed by atoms with van der Waals surface area (Å²) in [5.41, 5.74) is 4.64. The number of primary amides is 1. The average Bonchev–Trinajstić information content (AvgIpc) is 3.29. The fourth-order valence-electron chi connectivity index (χ4n) is 2.89. The molecule has 0 bridgehead atoms. The van der Waals surface area contributed by atoms with Crippen molar-refractivity contribution in [2.75, 3.05) is 6.61 Å². The highest BCUT2D eigenvalue weighted by Gasteiger charge is 2.34. The van der Waals surface area contributed by atoms with Gasteiger partial charge in [0.1, 0.15) is 23.6 Å². The van der Waals surface area contributed by atoms with Gasteiger partial charge in [-0.2, -0.15) is 5.10 Å². The Labute approximate surface area is 177 Å². The molecule has 2 amide bonds. The number of nitrogens with two attached hydrogens (primary N) is 1. The zero-order chi connectivity index (χ0) is 22.1. The number of aliphatic hydroxyl groups is 1. The van der Waals surface area contributed by atoms with E-state index in [2.05, 4.69) is 15.4 Å². The van der Waals surface area contributed by atoms with Gasteiger partial charge >= 0.3 is 0 Å². The average molecular weight is 432 g/mol. The van der Waals surface area contributed by atoms with Crippen molar-refractivity contribution in [1.82, 2.24) is 20.1 Å². The first-order valence-electron chi connectivity index (χ1n) is 9.44. The highest BCUT2D eigenvalue weighted by molar-refractivity contribution is 7.11. The molecule has 0 aliphatic heterocycles. The summed E-state index contributed by atoms with van der Waals surface area (Å²) >= 11 is 1.55. The highest BCUT2D eigenvalue weighted by atomic mass is 32.1. The maximum Gasteiger partial charge on any atom is 0.271 e. The van der Waals surface area contributed by atoms with Crippen molar-refractivity contribution >= 4 is 34.1 Å². The van der Waals surface area contributed by atoms with Crippen LogP contribution in [-0.4, -0.2) is 43.8 Å². The standard InChI is InChI=1S/C20H25N5O4S/c1-11(2)25-17(18(27)23-20(4,10-26)19(21)28)15-7-13(5-6-16(15)24-25)29-9-14-8-22-12(3)30-14/h5-8,11,26H,9-10H2,1-4H3,(H2,21,28)(H,23,27). The van der Waals surface area contributed by atoms with Crippen molar-refractivity contribution in [2.24, 2.45) is 5.73 Å². The molecule has 1 unspecified atom stereocenters. The van der Waals surface area contributed by atoms with Crippen LogP contribution in [0.2, 0.25) is 0 Å². The Morgan fingerprint density at radius 1 is 1.40 bits per heavy atom. The number of aliphatic hydroxyl groups excluding tert-OH is 1. The summed E-state index contributed by atoms with van der Waals surface area (Å²) in [5, 5.41) is 18.1. The predicted octanol–water partition coefficient (Wildman–Crippen LogP) is 1.93. The normalized spacial score (nSPS) is 13.4. The van der Waals surface area contributed by atoms with Crippen molar-refractivity contribution < 1.29 is 19.4 Å². The van der Waals surface area contributed by atoms with Gasteiger partial charge in [0, 0.05) is 17.6 Å². The van der Waals surface area contributed by atoms with Crippen molar-refractivity contribution in [3.8, 4) is 5.75 Å². The number of ether oxygens (including phenoxy) is 1. The third kappa shape index (κ3) is 4.29. The quantitative estimate of drug-likeness (QED) is 0.499. The number of thiazole rings is 1. The minimum absolute atomic E-state index is 0.114. The molecule has 3 rings (SSSR count). The molecule has 1 aromatic carbocycles. The fourth-order valence-corrected chi connectivity index (χ4v) is 3.59. The van der Waals surface area contributed by atoms with E-state index in [4.69, 9.17) is 10.5 Å². The molecule has 0 saturated heterocycles. The molecule has 0 spiro atoms. The van der Waals surface area contributed by atoms with Crippen LogP contribution in [0.25, 0.3) is 10.9 Å². The zero-order valence-electron chi connectivity index (χ0n) is 17.3. The first-order chi connectivity index (χ1) is 14.1. The summed E-state index contributed by atoms with van der Waals surface area (Å²) < 4.78 is 7.44. The van der Waals surface area contributed by atoms with Crippen LogP contribution in [-0.2, 0) is 11.4 Å². The van der Waals surface area contributed by atoms with Crippen molar-refractivity contribution in [3.05, 3.63) is 40.0 Å². The lowest BCUT2D eigenvalue weighted by Gasteiger charge is -2.25. The van der Waals surface area contributed by atoms with Crippen LogP contribution in [0.15, 0.2) is 24.4 Å². The monoisotopic (exact) mass is 431 g/mol. The largest absolute Gasteiger partial charge is 0.488 e. The second kappa shape index (κ2) is 8.41. The number of carbonyl (C=O) groups excluding carboxylic acids is 2. The Balaban J connectivity index is 1.97. The number of nitrogens with one attached hydrogen (secondary N) is 1. The second-order valence-corrected chi connectivity index (χ2v) is 8.83. The van der Waals surface area contributed by atoms with E-state index in [9.17, 15) is 14.7 Å². The third-order valence-electron chi connectivity index (χ3n) is 4.67. The van der Waals surface area contributed by atoms with Crippen LogP contribution >= 0.6 is 11.3 Å². The number of carbonyl (C=O) groups is 2. The molecular weight excluding hydrogens is 406 g/mol. The van der Waals surface area contributed by atoms with Crippen molar-refractivity contribution in [1.29, 1.82) is 0 Å². The maximum absolute atomic E-state index is 13.1. The SMILES string of the molecule is Cc1ncc(COc2ccc3nn(C(C)C)c(C(=O)NC(C)(CO)C(N)=O)c3c2)s1. The van der Waals surface area contributed by atoms with Gasteiger partial charge in [-0.15, -0.1) is 11.3 Å². The lowest BCUT2D eigenvalue weighted by atomic mass is 10.0. The molecule has 30 heavy (non-hydrogen) atoms. The number of fused-ring (bicyclic) bond motifs is 1. The van der Waals surface area contributed by atoms with E-state index >= 15 is 0 Å². The van der Waals surface area contributed by atoms with Gasteiger partial charge in [0.2, 0.25) is 5.91 Å². The van der Waals surface area contributed by atoms with Gasteiger partial charge < -0.3 is 20.9 Å². The molecule has 0 saturated carbocycles. The van der Waals surface area contributed by atoms with Gasteiger partial charge in [0.25, 0.3) is 5.91 Å². The molecule has 160 valence electrons. The first kappa shape index (κ1) is 21.7. The number of nitrogens with zero attached hydrogens (tertiary/aromatic N) is 3. The first-order valence-corrected chi connectivity index (χ1v) is 10.3. The van der Waals surface area contributed by atoms with Crippen LogP contribution in [0.4, 0.5) is 0 Å². The zero-order valence-corrected chi connectivity index (χ0v) is 18.1. The van der Waals surface area contributed by atoms with Crippen LogP contribution in [0.1, 0.15) is 47.2 Å². The second-order valence-electron chi connectivity index (χ2n) is 7.51. The maximum atomic E-state index is 13.1. The minimum atomic E-state index is -1.59. The third-order valence-corrected chi connectivity index (χ3v) is 5.56. The molecule has 9 nitrogen and oxygen atoms in total. The van der Waals surface area contributed by atoms with Crippen molar-refractivity contribution in [2.45, 2.75) is 45.9 Å². The van der Waals surface area contributed by atoms with Crippen LogP contribution in [0.3, 0.4) is 0 Å². The molecule has 2 heterocycles. The number of rotatable bonds is 8. The van der Waals surface area contributed by atoms with E-state index < -0.39 is 24.0 Å². The summed E-state index contributed by atoms with van der Waals surface area (Å²) in [4.78, 5) is 30.0. The summed E-state index contributed by atoms with van der Waals surface area (Å²) in [6, 6.07) is 5.19. The Hall–Kier alpha value is -2.98. The lowest BCUT2D eigenvalue weighted by Crippen LogP contribution is -2.58. The number of hydrogen-bond acceptors (Lipinski definition) is 7. The molecule has 0 aliphatic rings. The number of benzene rings is 1. The molecule has 3 aromatic rings. The highest BCUT2D eigenvalue weighted by Crippen LogP contribution is 2.27. The molecule has 4 N–H and O–H groups in total. The summed E-state index contributed by atoms with van der Waals surface area (Å²) in [7, 11) is 0. The van der Waals surface area contributed by atoms with E-state index in [0.717, 1.165) is 9.88 Å². The fraction of sp³-hybridized carbons (Fsp3) is 0.400. The molecule has 2 aromatic heterocycles. The predicted molar refractivity (Wildman–Crippen MR) is 113 cm³/mol. The van der Waals surface area contributed by atoms with Crippen LogP contribution in [0.5, 0.6) is 5.75 Å². The van der Waals surface area contributed by atoms with E-state index in [0.29, 0.717) is 23.3 Å². The van der Waals surface area contributed by atoms with Crippen LogP contribution < -0.4 is 15.8 Å². The van der Waals surface area contributed by atoms with Crippen LogP contribution in [0, 0.1) is 6.92 Å².